The molecule has 7 atom stereocenters. The number of hydrogen-bond acceptors (Lipinski definition) is 13. The maximum absolute atomic E-state index is 12.4. The quantitative estimate of drug-likeness (QED) is 0.0706. The SMILES string of the molecule is C1CC2CC1C1C3CCC(C3)C21.CCC(C)(C)C(=O)OC(C)C.CCC(C)(C)C(=O)OC1(C(C)C)CCCC1.CCC(C)(C)C(=O)OC12CC3CC(CC(O)(C3)C1)C2.CCC(C)(C)C(=O)OCC(=O)OC1CC(=O)N(C)C1=O. The molecular formula is C64H107NO13. The zero-order valence-electron chi connectivity index (χ0n) is 51.7. The maximum Gasteiger partial charge on any atom is 0.345 e. The lowest BCUT2D eigenvalue weighted by molar-refractivity contribution is -0.225. The molecule has 14 heteroatoms. The molecule has 1 aliphatic heterocycles. The summed E-state index contributed by atoms with van der Waals surface area (Å²) in [5, 5.41) is 10.6. The predicted molar refractivity (Wildman–Crippen MR) is 300 cm³/mol. The Morgan fingerprint density at radius 3 is 1.42 bits per heavy atom. The Balaban J connectivity index is 0.000000182. The highest BCUT2D eigenvalue weighted by atomic mass is 16.6. The summed E-state index contributed by atoms with van der Waals surface area (Å²) in [6.07, 6.45) is 21.5. The number of nitrogens with zero attached hydrogens (tertiary/aromatic N) is 1. The topological polar surface area (TPSA) is 189 Å². The number of amides is 2. The van der Waals surface area contributed by atoms with E-state index in [4.69, 9.17) is 23.7 Å². The van der Waals surface area contributed by atoms with Crippen LogP contribution in [0.5, 0.6) is 0 Å². The third-order valence-corrected chi connectivity index (χ3v) is 20.8. The normalized spacial score (nSPS) is 31.7. The second kappa shape index (κ2) is 25.7. The summed E-state index contributed by atoms with van der Waals surface area (Å²) in [6, 6.07) is 0. The number of likely N-dealkylation sites (N-methyl/N-ethyl adjacent to an activating group) is 1. The second-order valence-electron chi connectivity index (χ2n) is 28.8. The molecule has 78 heavy (non-hydrogen) atoms. The number of imide groups is 1. The molecule has 10 aliphatic rings. The van der Waals surface area contributed by atoms with E-state index in [0.29, 0.717) is 30.6 Å². The Bertz CT molecular complexity index is 2060. The molecule has 446 valence electrons. The van der Waals surface area contributed by atoms with Crippen molar-refractivity contribution in [3.63, 3.8) is 0 Å². The van der Waals surface area contributed by atoms with Gasteiger partial charge >= 0.3 is 29.8 Å². The minimum absolute atomic E-state index is 0.00618. The first-order valence-electron chi connectivity index (χ1n) is 30.7. The number of carbonyl (C=O) groups is 7. The highest BCUT2D eigenvalue weighted by Gasteiger charge is 2.61. The van der Waals surface area contributed by atoms with Gasteiger partial charge in [-0.2, -0.15) is 0 Å². The smallest absolute Gasteiger partial charge is 0.345 e. The average Bonchev–Trinajstić information content (AvgIpc) is 4.34. The van der Waals surface area contributed by atoms with Crippen LogP contribution in [0.2, 0.25) is 0 Å². The molecule has 10 fully saturated rings. The molecule has 9 saturated carbocycles. The van der Waals surface area contributed by atoms with E-state index in [9.17, 15) is 38.7 Å². The third kappa shape index (κ3) is 15.5. The molecular weight excluding hydrogens is 991 g/mol. The fourth-order valence-electron chi connectivity index (χ4n) is 14.5. The fourth-order valence-corrected chi connectivity index (χ4v) is 14.5. The molecule has 8 bridgehead atoms. The molecule has 9 aliphatic carbocycles. The first-order valence-corrected chi connectivity index (χ1v) is 30.7. The van der Waals surface area contributed by atoms with Crippen LogP contribution in [0.3, 0.4) is 0 Å². The van der Waals surface area contributed by atoms with Gasteiger partial charge in [0.25, 0.3) is 5.91 Å². The Labute approximate surface area is 470 Å². The van der Waals surface area contributed by atoms with E-state index >= 15 is 0 Å². The van der Waals surface area contributed by atoms with Gasteiger partial charge in [0.15, 0.2) is 12.7 Å². The molecule has 0 radical (unpaired) electrons. The van der Waals surface area contributed by atoms with E-state index in [1.165, 1.54) is 61.8 Å². The molecule has 7 unspecified atom stereocenters. The molecule has 1 N–H and O–H groups in total. The lowest BCUT2D eigenvalue weighted by Gasteiger charge is -2.59. The number of fused-ring (bicyclic) bond motifs is 9. The number of carbonyl (C=O) groups excluding carboxylic acids is 7. The predicted octanol–water partition coefficient (Wildman–Crippen LogP) is 12.7. The van der Waals surface area contributed by atoms with Crippen LogP contribution in [0.1, 0.15) is 246 Å². The summed E-state index contributed by atoms with van der Waals surface area (Å²) < 4.78 is 26.6. The van der Waals surface area contributed by atoms with E-state index in [-0.39, 0.29) is 52.5 Å². The standard InChI is InChI=1S/C16H26O3.C14H26O2.C13H19NO6.C12H18.C9H18O2/c1-4-14(2,3)13(17)19-16-8-11-5-12(9-16)7-15(18,6-11)10-16;1-6-13(4,5)12(15)16-14(11(2)3)9-7-8-10-14;1-5-13(2,3)12(18)19-7-10(16)20-8-6-9(15)14(4)11(8)17;1-2-8-5-7(1)11-9-3-4-10(6-9)12(8)11;1-6-9(4,5)8(10)11-7(2)3/h11-12,18H,4-10H2,1-3H3;11H,6-10H2,1-5H3;8H,5-7H2,1-4H3;7-12H,1-6H2;7H,6H2,1-5H3. The Hall–Kier alpha value is -3.55. The zero-order valence-corrected chi connectivity index (χ0v) is 51.7. The highest BCUT2D eigenvalue weighted by molar-refractivity contribution is 6.05. The summed E-state index contributed by atoms with van der Waals surface area (Å²) in [5.74, 6) is 6.30. The second-order valence-corrected chi connectivity index (χ2v) is 28.8. The zero-order chi connectivity index (χ0) is 58.6. The molecule has 14 nitrogen and oxygen atoms in total. The van der Waals surface area contributed by atoms with E-state index < -0.39 is 52.9 Å². The third-order valence-electron chi connectivity index (χ3n) is 20.8. The number of likely N-dealkylation sites (tertiary alicyclic amines) is 1. The molecule has 1 heterocycles. The van der Waals surface area contributed by atoms with Crippen LogP contribution in [0.25, 0.3) is 0 Å². The van der Waals surface area contributed by atoms with Gasteiger partial charge in [-0.15, -0.1) is 0 Å². The number of aliphatic hydroxyl groups is 1. The average molecular weight is 1100 g/mol. The molecule has 0 spiro atoms. The van der Waals surface area contributed by atoms with Crippen molar-refractivity contribution in [2.24, 2.45) is 74.9 Å². The van der Waals surface area contributed by atoms with E-state index in [1.807, 2.05) is 83.1 Å². The molecule has 0 aromatic carbocycles. The van der Waals surface area contributed by atoms with Gasteiger partial charge in [-0.3, -0.25) is 33.7 Å². The van der Waals surface area contributed by atoms with Gasteiger partial charge in [0.05, 0.1) is 39.8 Å². The van der Waals surface area contributed by atoms with Crippen molar-refractivity contribution in [2.45, 2.75) is 275 Å². The fraction of sp³-hybridized carbons (Fsp3) is 0.891. The van der Waals surface area contributed by atoms with Crippen LogP contribution in [0.4, 0.5) is 0 Å². The summed E-state index contributed by atoms with van der Waals surface area (Å²) >= 11 is 0. The number of hydrogen-bond donors (Lipinski definition) is 1. The monoisotopic (exact) mass is 1100 g/mol. The van der Waals surface area contributed by atoms with Crippen molar-refractivity contribution in [3.05, 3.63) is 0 Å². The highest BCUT2D eigenvalue weighted by Crippen LogP contribution is 2.67. The lowest BCUT2D eigenvalue weighted by Crippen LogP contribution is -2.61. The molecule has 0 aromatic heterocycles. The van der Waals surface area contributed by atoms with Crippen LogP contribution in [-0.2, 0) is 57.2 Å². The summed E-state index contributed by atoms with van der Waals surface area (Å²) in [5.41, 5.74) is -2.85. The van der Waals surface area contributed by atoms with Crippen LogP contribution in [0.15, 0.2) is 0 Å². The van der Waals surface area contributed by atoms with Crippen molar-refractivity contribution in [3.8, 4) is 0 Å². The number of ether oxygens (including phenoxy) is 5. The number of esters is 5. The summed E-state index contributed by atoms with van der Waals surface area (Å²) in [7, 11) is 1.32. The van der Waals surface area contributed by atoms with Gasteiger partial charge in [0.1, 0.15) is 11.2 Å². The van der Waals surface area contributed by atoms with Gasteiger partial charge < -0.3 is 28.8 Å². The van der Waals surface area contributed by atoms with E-state index in [1.54, 1.807) is 52.4 Å². The van der Waals surface area contributed by atoms with Gasteiger partial charge in [-0.05, 0) is 244 Å². The molecule has 10 rings (SSSR count). The molecule has 1 saturated heterocycles. The lowest BCUT2D eigenvalue weighted by atomic mass is 9.52. The van der Waals surface area contributed by atoms with Crippen molar-refractivity contribution < 1.29 is 62.4 Å². The number of rotatable bonds is 15. The van der Waals surface area contributed by atoms with E-state index in [2.05, 4.69) is 13.8 Å². The van der Waals surface area contributed by atoms with Gasteiger partial charge in [-0.1, -0.05) is 41.5 Å². The van der Waals surface area contributed by atoms with Crippen molar-refractivity contribution in [1.82, 2.24) is 4.90 Å². The first-order chi connectivity index (χ1) is 36.1. The minimum Gasteiger partial charge on any atom is -0.463 e. The largest absolute Gasteiger partial charge is 0.463 e. The van der Waals surface area contributed by atoms with E-state index in [0.717, 1.165) is 62.7 Å². The Morgan fingerprint density at radius 1 is 0.615 bits per heavy atom. The van der Waals surface area contributed by atoms with Crippen molar-refractivity contribution in [1.29, 1.82) is 0 Å². The van der Waals surface area contributed by atoms with Gasteiger partial charge in [0, 0.05) is 13.5 Å². The van der Waals surface area contributed by atoms with Gasteiger partial charge in [-0.25, -0.2) is 4.79 Å². The Kier molecular flexibility index (Phi) is 21.5. The van der Waals surface area contributed by atoms with Crippen LogP contribution in [0, 0.1) is 74.9 Å². The van der Waals surface area contributed by atoms with Crippen LogP contribution >= 0.6 is 0 Å². The summed E-state index contributed by atoms with van der Waals surface area (Å²) in [4.78, 5) is 82.6. The first kappa shape index (κ1) is 65.3. The van der Waals surface area contributed by atoms with Crippen LogP contribution < -0.4 is 0 Å². The van der Waals surface area contributed by atoms with Crippen molar-refractivity contribution >= 4 is 41.7 Å². The molecule has 2 amide bonds. The van der Waals surface area contributed by atoms with Crippen molar-refractivity contribution in [2.75, 3.05) is 13.7 Å². The Morgan fingerprint density at radius 2 is 1.04 bits per heavy atom. The molecule has 0 aromatic rings. The van der Waals surface area contributed by atoms with Crippen LogP contribution in [-0.4, -0.2) is 94.3 Å². The van der Waals surface area contributed by atoms with Gasteiger partial charge in [0.2, 0.25) is 5.91 Å². The minimum atomic E-state index is -1.11. The maximum atomic E-state index is 12.4. The summed E-state index contributed by atoms with van der Waals surface area (Å²) in [6.45, 7) is 30.4.